The molecule has 0 aliphatic heterocycles. The number of nitriles is 1. The fourth-order valence-electron chi connectivity index (χ4n) is 1.90. The number of para-hydroxylation sites is 1. The summed E-state index contributed by atoms with van der Waals surface area (Å²) in [6.07, 6.45) is 0. The highest BCUT2D eigenvalue weighted by molar-refractivity contribution is 5.44. The standard InChI is InChI=1S/C18H21N3O/c1-12(2)17-20-15(18(3,4)5)10-16(21-17)22-14-9-7-6-8-13(14)11-19/h6-10,12H,1-5H3. The summed E-state index contributed by atoms with van der Waals surface area (Å²) in [5, 5.41) is 9.16. The van der Waals surface area contributed by atoms with E-state index in [1.54, 1.807) is 12.1 Å². The van der Waals surface area contributed by atoms with Crippen LogP contribution in [0.2, 0.25) is 0 Å². The molecule has 2 aromatic rings. The van der Waals surface area contributed by atoms with Gasteiger partial charge in [0.15, 0.2) is 0 Å². The van der Waals surface area contributed by atoms with Crippen molar-refractivity contribution in [2.45, 2.75) is 46.0 Å². The molecule has 0 saturated carbocycles. The number of hydrogen-bond acceptors (Lipinski definition) is 4. The molecular weight excluding hydrogens is 274 g/mol. The molecule has 0 amide bonds. The Morgan fingerprint density at radius 3 is 2.41 bits per heavy atom. The Kier molecular flexibility index (Phi) is 4.46. The summed E-state index contributed by atoms with van der Waals surface area (Å²) in [6.45, 7) is 10.4. The predicted molar refractivity (Wildman–Crippen MR) is 86.1 cm³/mol. The highest BCUT2D eigenvalue weighted by atomic mass is 16.5. The maximum atomic E-state index is 9.16. The van der Waals surface area contributed by atoms with Crippen molar-refractivity contribution >= 4 is 0 Å². The summed E-state index contributed by atoms with van der Waals surface area (Å²) in [6, 6.07) is 11.1. The molecule has 0 unspecified atom stereocenters. The molecule has 0 saturated heterocycles. The van der Waals surface area contributed by atoms with Crippen LogP contribution in [-0.2, 0) is 5.41 Å². The second kappa shape index (κ2) is 6.15. The molecule has 1 heterocycles. The second-order valence-electron chi connectivity index (χ2n) is 6.56. The average molecular weight is 295 g/mol. The quantitative estimate of drug-likeness (QED) is 0.832. The summed E-state index contributed by atoms with van der Waals surface area (Å²) >= 11 is 0. The predicted octanol–water partition coefficient (Wildman–Crippen LogP) is 4.56. The van der Waals surface area contributed by atoms with Gasteiger partial charge in [-0.3, -0.25) is 0 Å². The third-order valence-electron chi connectivity index (χ3n) is 3.23. The molecule has 0 bridgehead atoms. The SMILES string of the molecule is CC(C)c1nc(Oc2ccccc2C#N)cc(C(C)(C)C)n1. The van der Waals surface area contributed by atoms with Crippen LogP contribution in [0.1, 0.15) is 57.6 Å². The number of rotatable bonds is 3. The Balaban J connectivity index is 2.47. The first-order valence-electron chi connectivity index (χ1n) is 7.37. The highest BCUT2D eigenvalue weighted by Crippen LogP contribution is 2.29. The van der Waals surface area contributed by atoms with E-state index in [9.17, 15) is 0 Å². The lowest BCUT2D eigenvalue weighted by molar-refractivity contribution is 0.447. The van der Waals surface area contributed by atoms with Gasteiger partial charge in [0.05, 0.1) is 11.3 Å². The molecule has 4 nitrogen and oxygen atoms in total. The maximum absolute atomic E-state index is 9.16. The van der Waals surface area contributed by atoms with E-state index < -0.39 is 0 Å². The van der Waals surface area contributed by atoms with Crippen molar-refractivity contribution in [3.63, 3.8) is 0 Å². The van der Waals surface area contributed by atoms with E-state index in [1.165, 1.54) is 0 Å². The van der Waals surface area contributed by atoms with Crippen LogP contribution in [0.3, 0.4) is 0 Å². The van der Waals surface area contributed by atoms with E-state index in [4.69, 9.17) is 10.00 Å². The van der Waals surface area contributed by atoms with Crippen LogP contribution in [0.5, 0.6) is 11.6 Å². The molecule has 0 radical (unpaired) electrons. The molecule has 22 heavy (non-hydrogen) atoms. The Hall–Kier alpha value is -2.41. The zero-order valence-electron chi connectivity index (χ0n) is 13.7. The van der Waals surface area contributed by atoms with E-state index in [0.29, 0.717) is 17.2 Å². The Bertz CT molecular complexity index is 709. The van der Waals surface area contributed by atoms with Gasteiger partial charge in [-0.2, -0.15) is 10.2 Å². The van der Waals surface area contributed by atoms with Crippen LogP contribution in [0, 0.1) is 11.3 Å². The first-order chi connectivity index (χ1) is 10.3. The van der Waals surface area contributed by atoms with Gasteiger partial charge in [-0.25, -0.2) is 4.98 Å². The van der Waals surface area contributed by atoms with E-state index in [0.717, 1.165) is 11.5 Å². The molecule has 114 valence electrons. The van der Waals surface area contributed by atoms with Crippen LogP contribution in [-0.4, -0.2) is 9.97 Å². The number of aromatic nitrogens is 2. The van der Waals surface area contributed by atoms with E-state index in [1.807, 2.05) is 18.2 Å². The number of hydrogen-bond donors (Lipinski definition) is 0. The molecule has 1 aromatic heterocycles. The first kappa shape index (κ1) is 16.0. The van der Waals surface area contributed by atoms with Crippen LogP contribution in [0.4, 0.5) is 0 Å². The minimum Gasteiger partial charge on any atom is -0.438 e. The zero-order valence-corrected chi connectivity index (χ0v) is 13.7. The molecule has 1 aromatic carbocycles. The van der Waals surface area contributed by atoms with Gasteiger partial charge in [0.2, 0.25) is 5.88 Å². The fourth-order valence-corrected chi connectivity index (χ4v) is 1.90. The van der Waals surface area contributed by atoms with Gasteiger partial charge in [0, 0.05) is 17.4 Å². The monoisotopic (exact) mass is 295 g/mol. The zero-order chi connectivity index (χ0) is 16.3. The van der Waals surface area contributed by atoms with Crippen molar-refractivity contribution in [1.82, 2.24) is 9.97 Å². The van der Waals surface area contributed by atoms with Crippen molar-refractivity contribution in [2.24, 2.45) is 0 Å². The minimum absolute atomic E-state index is 0.0978. The van der Waals surface area contributed by atoms with Gasteiger partial charge >= 0.3 is 0 Å². The molecule has 0 spiro atoms. The minimum atomic E-state index is -0.0978. The topological polar surface area (TPSA) is 58.8 Å². The van der Waals surface area contributed by atoms with Crippen LogP contribution in [0.25, 0.3) is 0 Å². The Morgan fingerprint density at radius 1 is 1.14 bits per heavy atom. The van der Waals surface area contributed by atoms with E-state index in [2.05, 4.69) is 50.7 Å². The van der Waals surface area contributed by atoms with E-state index >= 15 is 0 Å². The largest absolute Gasteiger partial charge is 0.438 e. The summed E-state index contributed by atoms with van der Waals surface area (Å²) in [5.41, 5.74) is 1.32. The summed E-state index contributed by atoms with van der Waals surface area (Å²) in [4.78, 5) is 9.11. The smallest absolute Gasteiger partial charge is 0.222 e. The van der Waals surface area contributed by atoms with Crippen molar-refractivity contribution in [3.05, 3.63) is 47.4 Å². The third kappa shape index (κ3) is 3.62. The summed E-state index contributed by atoms with van der Waals surface area (Å²) in [5.74, 6) is 1.94. The Morgan fingerprint density at radius 2 is 1.82 bits per heavy atom. The molecular formula is C18H21N3O. The number of benzene rings is 1. The number of nitrogens with zero attached hydrogens (tertiary/aromatic N) is 3. The molecule has 0 aliphatic rings. The third-order valence-corrected chi connectivity index (χ3v) is 3.23. The van der Waals surface area contributed by atoms with Gasteiger partial charge in [0.25, 0.3) is 0 Å². The van der Waals surface area contributed by atoms with Crippen LogP contribution >= 0.6 is 0 Å². The number of ether oxygens (including phenoxy) is 1. The average Bonchev–Trinajstić information content (AvgIpc) is 2.46. The van der Waals surface area contributed by atoms with Crippen molar-refractivity contribution in [2.75, 3.05) is 0 Å². The summed E-state index contributed by atoms with van der Waals surface area (Å²) < 4.78 is 5.85. The molecule has 0 fully saturated rings. The van der Waals surface area contributed by atoms with Gasteiger partial charge in [-0.05, 0) is 12.1 Å². The summed E-state index contributed by atoms with van der Waals surface area (Å²) in [7, 11) is 0. The van der Waals surface area contributed by atoms with Gasteiger partial charge in [0.1, 0.15) is 17.6 Å². The van der Waals surface area contributed by atoms with Crippen molar-refractivity contribution in [1.29, 1.82) is 5.26 Å². The lowest BCUT2D eigenvalue weighted by atomic mass is 9.92. The fraction of sp³-hybridized carbons (Fsp3) is 0.389. The highest BCUT2D eigenvalue weighted by Gasteiger charge is 2.20. The molecule has 0 atom stereocenters. The van der Waals surface area contributed by atoms with Gasteiger partial charge < -0.3 is 4.74 Å². The molecule has 0 aliphatic carbocycles. The van der Waals surface area contributed by atoms with Gasteiger partial charge in [-0.15, -0.1) is 0 Å². The second-order valence-corrected chi connectivity index (χ2v) is 6.56. The van der Waals surface area contributed by atoms with E-state index in [-0.39, 0.29) is 11.3 Å². The lowest BCUT2D eigenvalue weighted by Crippen LogP contribution is -2.16. The van der Waals surface area contributed by atoms with Crippen LogP contribution in [0.15, 0.2) is 30.3 Å². The molecule has 0 N–H and O–H groups in total. The normalized spacial score (nSPS) is 11.3. The van der Waals surface area contributed by atoms with Crippen LogP contribution < -0.4 is 4.74 Å². The van der Waals surface area contributed by atoms with Crippen molar-refractivity contribution in [3.8, 4) is 17.7 Å². The Labute approximate surface area is 131 Å². The lowest BCUT2D eigenvalue weighted by Gasteiger charge is -2.20. The first-order valence-corrected chi connectivity index (χ1v) is 7.37. The maximum Gasteiger partial charge on any atom is 0.222 e. The molecule has 4 heteroatoms. The molecule has 2 rings (SSSR count). The van der Waals surface area contributed by atoms with Crippen molar-refractivity contribution < 1.29 is 4.74 Å². The van der Waals surface area contributed by atoms with Gasteiger partial charge in [-0.1, -0.05) is 46.8 Å².